The molecule has 4 rings (SSSR count). The summed E-state index contributed by atoms with van der Waals surface area (Å²) in [6.07, 6.45) is 0. The smallest absolute Gasteiger partial charge is 0.273 e. The Morgan fingerprint density at radius 3 is 2.83 bits per heavy atom. The van der Waals surface area contributed by atoms with Gasteiger partial charge in [-0.15, -0.1) is 11.3 Å². The van der Waals surface area contributed by atoms with Crippen molar-refractivity contribution in [2.75, 3.05) is 17.9 Å². The number of fused-ring (bicyclic) bond motifs is 1. The molecule has 3 aromatic rings. The van der Waals surface area contributed by atoms with Gasteiger partial charge in [0.2, 0.25) is 5.91 Å². The van der Waals surface area contributed by atoms with E-state index in [9.17, 15) is 13.2 Å². The van der Waals surface area contributed by atoms with Gasteiger partial charge in [-0.25, -0.2) is 8.42 Å². The Balaban J connectivity index is 1.72. The first-order valence-electron chi connectivity index (χ1n) is 8.90. The molecule has 29 heavy (non-hydrogen) atoms. The van der Waals surface area contributed by atoms with Crippen molar-refractivity contribution in [3.05, 3.63) is 47.0 Å². The number of nitrogens with zero attached hydrogens (tertiary/aromatic N) is 2. The maximum absolute atomic E-state index is 13.0. The van der Waals surface area contributed by atoms with Crippen molar-refractivity contribution in [1.29, 1.82) is 0 Å². The monoisotopic (exact) mass is 448 g/mol. The van der Waals surface area contributed by atoms with Gasteiger partial charge in [0, 0.05) is 19.4 Å². The van der Waals surface area contributed by atoms with Crippen LogP contribution in [0.25, 0.3) is 10.9 Å². The average molecular weight is 449 g/mol. The minimum absolute atomic E-state index is 0.0861. The predicted octanol–water partition coefficient (Wildman–Crippen LogP) is 3.32. The molecule has 0 fully saturated rings. The summed E-state index contributed by atoms with van der Waals surface area (Å²) in [7, 11) is -2.07. The van der Waals surface area contributed by atoms with Crippen LogP contribution in [0.3, 0.4) is 0 Å². The Morgan fingerprint density at radius 1 is 1.34 bits per heavy atom. The number of aromatic amines is 1. The van der Waals surface area contributed by atoms with Gasteiger partial charge in [-0.05, 0) is 42.1 Å². The normalized spacial score (nSPS) is 16.8. The number of aryl methyl sites for hydroxylation is 1. The lowest BCUT2D eigenvalue weighted by atomic mass is 10.1. The molecule has 0 spiro atoms. The number of thioether (sulfide) groups is 1. The van der Waals surface area contributed by atoms with Gasteiger partial charge in [-0.2, -0.15) is 0 Å². The van der Waals surface area contributed by atoms with Crippen LogP contribution >= 0.6 is 23.1 Å². The number of nitrogens with one attached hydrogen (secondary N) is 2. The third-order valence-electron chi connectivity index (χ3n) is 4.55. The average Bonchev–Trinajstić information content (AvgIpc) is 3.39. The molecular weight excluding hydrogens is 428 g/mol. The van der Waals surface area contributed by atoms with E-state index in [-0.39, 0.29) is 11.3 Å². The summed E-state index contributed by atoms with van der Waals surface area (Å²) in [5.74, 6) is -0.0890. The molecule has 1 unspecified atom stereocenters. The molecule has 0 bridgehead atoms. The molecule has 0 radical (unpaired) electrons. The van der Waals surface area contributed by atoms with E-state index in [0.717, 1.165) is 27.2 Å². The quantitative estimate of drug-likeness (QED) is 0.626. The van der Waals surface area contributed by atoms with Crippen LogP contribution in [-0.2, 0) is 14.8 Å². The number of carbonyl (C=O) groups is 1. The van der Waals surface area contributed by atoms with E-state index in [1.54, 1.807) is 24.6 Å². The third kappa shape index (κ3) is 3.79. The molecule has 2 N–H and O–H groups in total. The van der Waals surface area contributed by atoms with Crippen LogP contribution in [0.1, 0.15) is 18.2 Å². The summed E-state index contributed by atoms with van der Waals surface area (Å²) in [6.45, 7) is 3.93. The van der Waals surface area contributed by atoms with Crippen LogP contribution in [0.5, 0.6) is 0 Å². The second-order valence-electron chi connectivity index (χ2n) is 6.79. The summed E-state index contributed by atoms with van der Waals surface area (Å²) in [5, 5.41) is 6.23. The van der Waals surface area contributed by atoms with E-state index in [1.165, 1.54) is 34.3 Å². The molecule has 1 amide bonds. The largest absolute Gasteiger partial charge is 0.351 e. The maximum atomic E-state index is 13.0. The molecule has 1 atom stereocenters. The highest BCUT2D eigenvalue weighted by Crippen LogP contribution is 2.34. The van der Waals surface area contributed by atoms with E-state index < -0.39 is 10.0 Å². The van der Waals surface area contributed by atoms with Gasteiger partial charge in [0.15, 0.2) is 0 Å². The second kappa shape index (κ2) is 7.51. The number of thiophene rings is 1. The van der Waals surface area contributed by atoms with Crippen LogP contribution in [-0.4, -0.2) is 43.3 Å². The number of rotatable bonds is 5. The van der Waals surface area contributed by atoms with Crippen molar-refractivity contribution in [2.24, 2.45) is 4.99 Å². The summed E-state index contributed by atoms with van der Waals surface area (Å²) >= 11 is 2.68. The number of benzene rings is 1. The molecule has 1 aliphatic rings. The fourth-order valence-corrected chi connectivity index (χ4v) is 6.62. The number of hydrogen-bond donors (Lipinski definition) is 2. The van der Waals surface area contributed by atoms with E-state index in [0.29, 0.717) is 16.4 Å². The summed E-state index contributed by atoms with van der Waals surface area (Å²) in [4.78, 5) is 19.2. The number of hydrogen-bond acceptors (Lipinski definition) is 6. The molecular formula is C19H20N4O3S3. The van der Waals surface area contributed by atoms with E-state index in [4.69, 9.17) is 0 Å². The predicted molar refractivity (Wildman–Crippen MR) is 120 cm³/mol. The number of aliphatic imine (C=N–C) groups is 1. The van der Waals surface area contributed by atoms with Crippen LogP contribution in [0.2, 0.25) is 0 Å². The lowest BCUT2D eigenvalue weighted by molar-refractivity contribution is -0.119. The van der Waals surface area contributed by atoms with Crippen molar-refractivity contribution in [1.82, 2.24) is 10.3 Å². The minimum Gasteiger partial charge on any atom is -0.351 e. The lowest BCUT2D eigenvalue weighted by Crippen LogP contribution is -2.31. The minimum atomic E-state index is -3.64. The number of carbonyl (C=O) groups excluding carboxylic acids is 1. The Hall–Kier alpha value is -2.30. The molecule has 0 saturated heterocycles. The van der Waals surface area contributed by atoms with Crippen LogP contribution in [0.15, 0.2) is 44.9 Å². The van der Waals surface area contributed by atoms with Crippen molar-refractivity contribution < 1.29 is 13.2 Å². The van der Waals surface area contributed by atoms with Gasteiger partial charge in [0.05, 0.1) is 23.4 Å². The SMILES string of the molecule is CC(=O)NC1CN=C(c2cc3cc(C)cc(N(C)S(=O)(=O)c4cccs4)c3[nH]2)S1. The van der Waals surface area contributed by atoms with Gasteiger partial charge >= 0.3 is 0 Å². The number of aromatic nitrogens is 1. The first kappa shape index (κ1) is 20.0. The van der Waals surface area contributed by atoms with Gasteiger partial charge in [0.1, 0.15) is 14.6 Å². The zero-order chi connectivity index (χ0) is 20.8. The Kier molecular flexibility index (Phi) is 5.18. The Labute approximate surface area is 177 Å². The first-order chi connectivity index (χ1) is 13.8. The maximum Gasteiger partial charge on any atom is 0.273 e. The Morgan fingerprint density at radius 2 is 2.14 bits per heavy atom. The number of sulfonamides is 1. The molecule has 1 aliphatic heterocycles. The summed E-state index contributed by atoms with van der Waals surface area (Å²) in [6, 6.07) is 9.17. The lowest BCUT2D eigenvalue weighted by Gasteiger charge is -2.20. The molecule has 2 aromatic heterocycles. The topological polar surface area (TPSA) is 94.6 Å². The number of anilines is 1. The van der Waals surface area contributed by atoms with E-state index >= 15 is 0 Å². The van der Waals surface area contributed by atoms with Crippen LogP contribution in [0, 0.1) is 6.92 Å². The highest BCUT2D eigenvalue weighted by Gasteiger charge is 2.26. The molecule has 1 aromatic carbocycles. The molecule has 7 nitrogen and oxygen atoms in total. The van der Waals surface area contributed by atoms with Gasteiger partial charge < -0.3 is 10.3 Å². The Bertz CT molecular complexity index is 1210. The van der Waals surface area contributed by atoms with Crippen molar-refractivity contribution in [2.45, 2.75) is 23.4 Å². The summed E-state index contributed by atoms with van der Waals surface area (Å²) in [5.41, 5.74) is 3.09. The van der Waals surface area contributed by atoms with Gasteiger partial charge in [0.25, 0.3) is 10.0 Å². The molecule has 0 saturated carbocycles. The molecule has 152 valence electrons. The molecule has 0 aliphatic carbocycles. The van der Waals surface area contributed by atoms with E-state index in [2.05, 4.69) is 15.3 Å². The van der Waals surface area contributed by atoms with Crippen molar-refractivity contribution in [3.63, 3.8) is 0 Å². The zero-order valence-corrected chi connectivity index (χ0v) is 18.5. The number of amides is 1. The third-order valence-corrected chi connectivity index (χ3v) is 8.82. The molecule has 10 heteroatoms. The highest BCUT2D eigenvalue weighted by molar-refractivity contribution is 8.15. The van der Waals surface area contributed by atoms with E-state index in [1.807, 2.05) is 25.1 Å². The highest BCUT2D eigenvalue weighted by atomic mass is 32.2. The second-order valence-corrected chi connectivity index (χ2v) is 11.1. The zero-order valence-electron chi connectivity index (χ0n) is 16.1. The first-order valence-corrected chi connectivity index (χ1v) is 12.1. The molecule has 3 heterocycles. The summed E-state index contributed by atoms with van der Waals surface area (Å²) < 4.78 is 27.6. The van der Waals surface area contributed by atoms with Crippen molar-refractivity contribution in [3.8, 4) is 0 Å². The number of H-pyrrole nitrogens is 1. The fraction of sp³-hybridized carbons (Fsp3) is 0.263. The fourth-order valence-electron chi connectivity index (χ4n) is 3.23. The standard InChI is InChI=1S/C19H20N4O3S3/c1-11-7-13-9-14(19-20-10-16(28-19)21-12(2)24)22-18(13)15(8-11)23(3)29(25,26)17-5-4-6-27-17/h4-9,16,22H,10H2,1-3H3,(H,21,24). The van der Waals surface area contributed by atoms with Crippen LogP contribution < -0.4 is 9.62 Å². The van der Waals surface area contributed by atoms with Crippen LogP contribution in [0.4, 0.5) is 5.69 Å². The van der Waals surface area contributed by atoms with Gasteiger partial charge in [-0.1, -0.05) is 17.8 Å². The van der Waals surface area contributed by atoms with Gasteiger partial charge in [-0.3, -0.25) is 14.1 Å². The van der Waals surface area contributed by atoms with Crippen molar-refractivity contribution >= 4 is 60.7 Å².